The van der Waals surface area contributed by atoms with Crippen LogP contribution in [-0.2, 0) is 14.8 Å². The van der Waals surface area contributed by atoms with E-state index < -0.39 is 15.9 Å². The minimum Gasteiger partial charge on any atom is -0.494 e. The molecule has 1 aliphatic heterocycles. The lowest BCUT2D eigenvalue weighted by Crippen LogP contribution is -2.43. The van der Waals surface area contributed by atoms with Gasteiger partial charge in [0.05, 0.1) is 23.9 Å². The SMILES string of the molecule is CCOc1ccc(NC(=O)[C@@H]2CCCN(S(=O)(=O)c3c(C)n[nH]c3C)C2)cc1. The molecule has 28 heavy (non-hydrogen) atoms. The van der Waals surface area contributed by atoms with E-state index >= 15 is 0 Å². The number of piperidine rings is 1. The van der Waals surface area contributed by atoms with Crippen LogP contribution in [0.15, 0.2) is 29.2 Å². The number of carbonyl (C=O) groups excluding carboxylic acids is 1. The Morgan fingerprint density at radius 1 is 1.32 bits per heavy atom. The average Bonchev–Trinajstić information content (AvgIpc) is 3.02. The Labute approximate surface area is 165 Å². The van der Waals surface area contributed by atoms with Crippen LogP contribution >= 0.6 is 0 Å². The Hall–Kier alpha value is -2.39. The van der Waals surface area contributed by atoms with Gasteiger partial charge in [0.2, 0.25) is 15.9 Å². The number of ether oxygens (including phenoxy) is 1. The van der Waals surface area contributed by atoms with Gasteiger partial charge in [-0.05, 0) is 57.9 Å². The van der Waals surface area contributed by atoms with E-state index in [4.69, 9.17) is 4.74 Å². The lowest BCUT2D eigenvalue weighted by molar-refractivity contribution is -0.120. The van der Waals surface area contributed by atoms with Crippen LogP contribution in [0.25, 0.3) is 0 Å². The third-order valence-electron chi connectivity index (χ3n) is 4.85. The molecule has 1 aromatic carbocycles. The molecule has 0 aliphatic carbocycles. The molecule has 0 radical (unpaired) electrons. The fourth-order valence-electron chi connectivity index (χ4n) is 3.47. The van der Waals surface area contributed by atoms with Gasteiger partial charge in [0, 0.05) is 18.8 Å². The van der Waals surface area contributed by atoms with Crippen molar-refractivity contribution in [3.8, 4) is 5.75 Å². The molecule has 0 saturated carbocycles. The van der Waals surface area contributed by atoms with Crippen LogP contribution in [0, 0.1) is 19.8 Å². The molecule has 0 spiro atoms. The van der Waals surface area contributed by atoms with Gasteiger partial charge in [0.25, 0.3) is 0 Å². The number of carbonyl (C=O) groups is 1. The molecule has 0 bridgehead atoms. The number of aryl methyl sites for hydroxylation is 2. The molecular formula is C19H26N4O4S. The topological polar surface area (TPSA) is 104 Å². The Balaban J connectivity index is 1.69. The van der Waals surface area contributed by atoms with Crippen LogP contribution in [0.2, 0.25) is 0 Å². The maximum Gasteiger partial charge on any atom is 0.246 e. The maximum absolute atomic E-state index is 13.0. The maximum atomic E-state index is 13.0. The Morgan fingerprint density at radius 3 is 2.64 bits per heavy atom. The predicted octanol–water partition coefficient (Wildman–Crippen LogP) is 2.46. The first-order valence-corrected chi connectivity index (χ1v) is 10.8. The molecule has 2 N–H and O–H groups in total. The van der Waals surface area contributed by atoms with Crippen molar-refractivity contribution in [2.24, 2.45) is 5.92 Å². The summed E-state index contributed by atoms with van der Waals surface area (Å²) in [6, 6.07) is 7.14. The molecule has 9 heteroatoms. The molecule has 0 unspecified atom stereocenters. The average molecular weight is 407 g/mol. The number of H-pyrrole nitrogens is 1. The number of hydrogen-bond acceptors (Lipinski definition) is 5. The first-order valence-electron chi connectivity index (χ1n) is 9.38. The van der Waals surface area contributed by atoms with Gasteiger partial charge in [0.1, 0.15) is 10.6 Å². The van der Waals surface area contributed by atoms with Crippen molar-refractivity contribution >= 4 is 21.6 Å². The summed E-state index contributed by atoms with van der Waals surface area (Å²) in [6.07, 6.45) is 1.29. The van der Waals surface area contributed by atoms with E-state index in [9.17, 15) is 13.2 Å². The monoisotopic (exact) mass is 406 g/mol. The predicted molar refractivity (Wildman–Crippen MR) is 106 cm³/mol. The van der Waals surface area contributed by atoms with E-state index in [0.29, 0.717) is 43.1 Å². The Bertz CT molecular complexity index is 918. The number of anilines is 1. The van der Waals surface area contributed by atoms with E-state index in [2.05, 4.69) is 15.5 Å². The number of sulfonamides is 1. The van der Waals surface area contributed by atoms with Gasteiger partial charge in [-0.1, -0.05) is 0 Å². The summed E-state index contributed by atoms with van der Waals surface area (Å²) in [5, 5.41) is 9.58. The van der Waals surface area contributed by atoms with Crippen molar-refractivity contribution in [2.75, 3.05) is 25.0 Å². The standard InChI is InChI=1S/C19H26N4O4S/c1-4-27-17-9-7-16(8-10-17)20-19(24)15-6-5-11-23(12-15)28(25,26)18-13(2)21-22-14(18)3/h7-10,15H,4-6,11-12H2,1-3H3,(H,20,24)(H,21,22)/t15-/m1/s1. The van der Waals surface area contributed by atoms with Crippen LogP contribution < -0.4 is 10.1 Å². The molecule has 1 aromatic heterocycles. The highest BCUT2D eigenvalue weighted by molar-refractivity contribution is 7.89. The second kappa shape index (κ2) is 8.32. The van der Waals surface area contributed by atoms with Gasteiger partial charge in [0.15, 0.2) is 0 Å². The van der Waals surface area contributed by atoms with E-state index in [1.165, 1.54) is 4.31 Å². The van der Waals surface area contributed by atoms with Gasteiger partial charge in [-0.15, -0.1) is 0 Å². The molecule has 1 atom stereocenters. The number of nitrogens with zero attached hydrogens (tertiary/aromatic N) is 2. The lowest BCUT2D eigenvalue weighted by Gasteiger charge is -2.31. The highest BCUT2D eigenvalue weighted by Crippen LogP contribution is 2.27. The van der Waals surface area contributed by atoms with Gasteiger partial charge in [-0.3, -0.25) is 9.89 Å². The van der Waals surface area contributed by atoms with Crippen molar-refractivity contribution in [1.29, 1.82) is 0 Å². The third-order valence-corrected chi connectivity index (χ3v) is 6.98. The summed E-state index contributed by atoms with van der Waals surface area (Å²) in [5.74, 6) is 0.161. The van der Waals surface area contributed by atoms with E-state index in [0.717, 1.165) is 5.75 Å². The zero-order chi connectivity index (χ0) is 20.3. The van der Waals surface area contributed by atoms with Gasteiger partial charge in [-0.2, -0.15) is 9.40 Å². The second-order valence-corrected chi connectivity index (χ2v) is 8.79. The van der Waals surface area contributed by atoms with Gasteiger partial charge in [-0.25, -0.2) is 8.42 Å². The summed E-state index contributed by atoms with van der Waals surface area (Å²) >= 11 is 0. The molecule has 2 aromatic rings. The molecule has 1 aliphatic rings. The van der Waals surface area contributed by atoms with Gasteiger partial charge < -0.3 is 10.1 Å². The fourth-order valence-corrected chi connectivity index (χ4v) is 5.33. The van der Waals surface area contributed by atoms with E-state index in [1.54, 1.807) is 38.1 Å². The molecule has 2 heterocycles. The van der Waals surface area contributed by atoms with Gasteiger partial charge >= 0.3 is 0 Å². The number of hydrogen-bond donors (Lipinski definition) is 2. The molecular weight excluding hydrogens is 380 g/mol. The van der Waals surface area contributed by atoms with Crippen molar-refractivity contribution in [1.82, 2.24) is 14.5 Å². The minimum atomic E-state index is -3.69. The summed E-state index contributed by atoms with van der Waals surface area (Å²) in [7, 11) is -3.69. The van der Waals surface area contributed by atoms with Crippen molar-refractivity contribution in [3.63, 3.8) is 0 Å². The quantitative estimate of drug-likeness (QED) is 0.767. The summed E-state index contributed by atoms with van der Waals surface area (Å²) in [5.41, 5.74) is 1.62. The first kappa shape index (κ1) is 20.3. The molecule has 8 nitrogen and oxygen atoms in total. The normalized spacial score (nSPS) is 18.0. The zero-order valence-electron chi connectivity index (χ0n) is 16.4. The zero-order valence-corrected chi connectivity index (χ0v) is 17.2. The number of rotatable bonds is 6. The molecule has 1 fully saturated rings. The highest BCUT2D eigenvalue weighted by Gasteiger charge is 2.35. The van der Waals surface area contributed by atoms with Crippen LogP contribution in [0.1, 0.15) is 31.2 Å². The number of benzene rings is 1. The molecule has 152 valence electrons. The summed E-state index contributed by atoms with van der Waals surface area (Å²) < 4.78 is 32.9. The van der Waals surface area contributed by atoms with E-state index in [1.807, 2.05) is 6.92 Å². The van der Waals surface area contributed by atoms with E-state index in [-0.39, 0.29) is 17.3 Å². The minimum absolute atomic E-state index is 0.162. The number of aromatic amines is 1. The highest BCUT2D eigenvalue weighted by atomic mass is 32.2. The first-order chi connectivity index (χ1) is 13.3. The van der Waals surface area contributed by atoms with Crippen molar-refractivity contribution < 1.29 is 17.9 Å². The Kier molecular flexibility index (Phi) is 6.04. The Morgan fingerprint density at radius 2 is 2.04 bits per heavy atom. The van der Waals surface area contributed by atoms with Crippen LogP contribution in [0.3, 0.4) is 0 Å². The molecule has 1 amide bonds. The second-order valence-electron chi connectivity index (χ2n) is 6.91. The number of nitrogens with one attached hydrogen (secondary N) is 2. The van der Waals surface area contributed by atoms with Crippen molar-refractivity contribution in [2.45, 2.75) is 38.5 Å². The largest absolute Gasteiger partial charge is 0.494 e. The molecule has 3 rings (SSSR count). The molecule has 1 saturated heterocycles. The summed E-state index contributed by atoms with van der Waals surface area (Å²) in [6.45, 7) is 6.40. The third kappa shape index (κ3) is 4.20. The smallest absolute Gasteiger partial charge is 0.246 e. The summed E-state index contributed by atoms with van der Waals surface area (Å²) in [4.78, 5) is 12.9. The van der Waals surface area contributed by atoms with Crippen LogP contribution in [0.4, 0.5) is 5.69 Å². The fraction of sp³-hybridized carbons (Fsp3) is 0.474. The number of amides is 1. The lowest BCUT2D eigenvalue weighted by atomic mass is 9.99. The number of aromatic nitrogens is 2. The van der Waals surface area contributed by atoms with Crippen LogP contribution in [-0.4, -0.2) is 48.5 Å². The van der Waals surface area contributed by atoms with Crippen molar-refractivity contribution in [3.05, 3.63) is 35.7 Å². The van der Waals surface area contributed by atoms with Crippen LogP contribution in [0.5, 0.6) is 5.75 Å².